The van der Waals surface area contributed by atoms with Crippen LogP contribution in [0.5, 0.6) is 0 Å². The van der Waals surface area contributed by atoms with Gasteiger partial charge >= 0.3 is 11.9 Å². The fourth-order valence-corrected chi connectivity index (χ4v) is 3.45. The number of aliphatic hydroxyl groups is 1. The highest BCUT2D eigenvalue weighted by molar-refractivity contribution is 5.90. The van der Waals surface area contributed by atoms with E-state index in [4.69, 9.17) is 22.3 Å². The van der Waals surface area contributed by atoms with E-state index >= 15 is 0 Å². The molecule has 0 amide bonds. The van der Waals surface area contributed by atoms with Crippen LogP contribution in [-0.2, 0) is 19.1 Å². The summed E-state index contributed by atoms with van der Waals surface area (Å²) in [6.45, 7) is 7.01. The molecule has 0 spiro atoms. The zero-order valence-corrected chi connectivity index (χ0v) is 40.0. The Bertz CT molecular complexity index is 4310. The van der Waals surface area contributed by atoms with Gasteiger partial charge in [-0.05, 0) is 272 Å². The smallest absolute Gasteiger partial charge is 0.386 e. The van der Waals surface area contributed by atoms with Crippen molar-refractivity contribution in [2.45, 2.75) is 51.4 Å². The maximum Gasteiger partial charge on any atom is 0.386 e. The summed E-state index contributed by atoms with van der Waals surface area (Å²) >= 11 is 0. The van der Waals surface area contributed by atoms with E-state index in [1.54, 1.807) is 0 Å². The summed E-state index contributed by atoms with van der Waals surface area (Å²) in [5.74, 6) is 130. The SMILES string of the molecule is C#CC#CC#CC#CC#CC#CC#CC#CC#CC#CC#CC#C/C=C/C#CC#CC(=O)OC(C)(C)C(C)(OC(=O)C#CC#C/C=C/C#CC#CC#CC#CC#CC#CC#CC#CC#CC#CC#CC#C)C(C)(C)O. The summed E-state index contributed by atoms with van der Waals surface area (Å²) in [4.78, 5) is 25.3. The van der Waals surface area contributed by atoms with Crippen LogP contribution in [0.25, 0.3) is 0 Å². The minimum atomic E-state index is -1.81. The molecule has 332 valence electrons. The molecular formula is C70H22O5. The van der Waals surface area contributed by atoms with Crippen LogP contribution in [0.3, 0.4) is 0 Å². The van der Waals surface area contributed by atoms with E-state index in [0.717, 1.165) is 0 Å². The highest BCUT2D eigenvalue weighted by Crippen LogP contribution is 2.39. The molecule has 0 aliphatic carbocycles. The van der Waals surface area contributed by atoms with E-state index < -0.39 is 28.7 Å². The predicted molar refractivity (Wildman–Crippen MR) is 289 cm³/mol. The third-order valence-electron chi connectivity index (χ3n) is 6.85. The molecule has 1 N–H and O–H groups in total. The number of carbonyl (C=O) groups is 2. The number of allylic oxidation sites excluding steroid dienone is 4. The van der Waals surface area contributed by atoms with Crippen molar-refractivity contribution in [3.63, 3.8) is 0 Å². The van der Waals surface area contributed by atoms with Crippen LogP contribution >= 0.6 is 0 Å². The Morgan fingerprint density at radius 1 is 0.307 bits per heavy atom. The number of hydrogen-bond donors (Lipinski definition) is 1. The summed E-state index contributed by atoms with van der Waals surface area (Å²) in [5.41, 5.74) is -5.14. The second kappa shape index (κ2) is 42.7. The molecule has 5 heteroatoms. The van der Waals surface area contributed by atoms with Crippen LogP contribution < -0.4 is 0 Å². The van der Waals surface area contributed by atoms with Gasteiger partial charge in [-0.2, -0.15) is 0 Å². The summed E-state index contributed by atoms with van der Waals surface area (Å²) in [6, 6.07) is 0. The van der Waals surface area contributed by atoms with Gasteiger partial charge in [-0.1, -0.05) is 23.7 Å². The lowest BCUT2D eigenvalue weighted by Crippen LogP contribution is -2.64. The van der Waals surface area contributed by atoms with Gasteiger partial charge in [0.2, 0.25) is 0 Å². The molecule has 1 atom stereocenters. The van der Waals surface area contributed by atoms with E-state index in [0.29, 0.717) is 0 Å². The van der Waals surface area contributed by atoms with Crippen LogP contribution in [0, 0.1) is 333 Å². The number of hydrogen-bond acceptors (Lipinski definition) is 5. The summed E-state index contributed by atoms with van der Waals surface area (Å²) in [6.07, 6.45) is 15.5. The quantitative estimate of drug-likeness (QED) is 0.265. The molecule has 5 nitrogen and oxygen atoms in total. The van der Waals surface area contributed by atoms with Crippen LogP contribution in [0.2, 0.25) is 0 Å². The number of ether oxygens (including phenoxy) is 2. The molecule has 0 saturated carbocycles. The van der Waals surface area contributed by atoms with Crippen LogP contribution in [-0.4, -0.2) is 33.8 Å². The first-order chi connectivity index (χ1) is 36.4. The van der Waals surface area contributed by atoms with E-state index in [2.05, 4.69) is 320 Å². The Morgan fingerprint density at radius 3 is 0.707 bits per heavy atom. The average Bonchev–Trinajstić information content (AvgIpc) is 3.37. The first-order valence-electron chi connectivity index (χ1n) is 19.8. The van der Waals surface area contributed by atoms with Gasteiger partial charge in [-0.3, -0.25) is 0 Å². The van der Waals surface area contributed by atoms with Crippen LogP contribution in [0.15, 0.2) is 24.3 Å². The van der Waals surface area contributed by atoms with Crippen LogP contribution in [0.4, 0.5) is 0 Å². The molecule has 0 fully saturated rings. The normalized spacial score (nSPS) is 7.31. The Hall–Kier alpha value is -13.9. The zero-order chi connectivity index (χ0) is 55.1. The topological polar surface area (TPSA) is 72.8 Å². The first-order valence-corrected chi connectivity index (χ1v) is 19.8. The lowest BCUT2D eigenvalue weighted by atomic mass is 9.75. The highest BCUT2D eigenvalue weighted by Gasteiger charge is 2.57. The minimum absolute atomic E-state index is 0.999. The molecule has 1 unspecified atom stereocenters. The summed E-state index contributed by atoms with van der Waals surface area (Å²) in [7, 11) is 0. The second-order valence-electron chi connectivity index (χ2n) is 12.4. The maximum absolute atomic E-state index is 12.7. The average molecular weight is 943 g/mol. The lowest BCUT2D eigenvalue weighted by Gasteiger charge is -2.48. The monoisotopic (exact) mass is 942 g/mol. The molecule has 75 heavy (non-hydrogen) atoms. The molecule has 0 aliphatic rings. The molecule has 0 aromatic rings. The standard InChI is InChI=1S/C70H22O5/c1-8-10-12-14-16-18-20-22-24-26-28-30-32-34-36-38-40-42-44-46-48-50-52-54-56-58-60-62-64-66(71)74-69(5,6)70(7,68(3,4)73)75-67(72)65-63-61-59-57-55-53-51-49-47-45-43-41-39-37-35-33-31-29-27-25-23-21-19-17-15-13-11-9-2/h1-2,54-57,73H,3-7H3/b56-54+,57-55+. The van der Waals surface area contributed by atoms with E-state index in [1.807, 2.05) is 0 Å². The largest absolute Gasteiger partial charge is 0.446 e. The van der Waals surface area contributed by atoms with Gasteiger partial charge in [-0.25, -0.2) is 9.59 Å². The van der Waals surface area contributed by atoms with Gasteiger partial charge in [-0.15, -0.1) is 12.8 Å². The lowest BCUT2D eigenvalue weighted by molar-refractivity contribution is -0.239. The summed E-state index contributed by atoms with van der Waals surface area (Å²) in [5, 5.41) is 11.0. The Balaban J connectivity index is 5.14. The summed E-state index contributed by atoms with van der Waals surface area (Å²) < 4.78 is 11.0. The van der Waals surface area contributed by atoms with Crippen molar-refractivity contribution in [3.05, 3.63) is 24.3 Å². The Kier molecular flexibility index (Phi) is 34.7. The van der Waals surface area contributed by atoms with Crippen molar-refractivity contribution in [2.24, 2.45) is 0 Å². The highest BCUT2D eigenvalue weighted by atomic mass is 16.6. The maximum atomic E-state index is 12.7. The Morgan fingerprint density at radius 2 is 0.493 bits per heavy atom. The second-order valence-corrected chi connectivity index (χ2v) is 12.4. The van der Waals surface area contributed by atoms with Gasteiger partial charge in [0.05, 0.1) is 0 Å². The van der Waals surface area contributed by atoms with Crippen molar-refractivity contribution >= 4 is 11.9 Å². The van der Waals surface area contributed by atoms with E-state index in [-0.39, 0.29) is 0 Å². The number of carbonyl (C=O) groups excluding carboxylic acids is 2. The van der Waals surface area contributed by atoms with Gasteiger partial charge in [0.25, 0.3) is 0 Å². The van der Waals surface area contributed by atoms with E-state index in [9.17, 15) is 14.7 Å². The number of rotatable bonds is 4. The third kappa shape index (κ3) is 36.9. The number of esters is 2. The van der Waals surface area contributed by atoms with Crippen molar-refractivity contribution < 1.29 is 24.2 Å². The molecular weight excluding hydrogens is 921 g/mol. The predicted octanol–water partition coefficient (Wildman–Crippen LogP) is 1.85. The van der Waals surface area contributed by atoms with Gasteiger partial charge in [0.1, 0.15) is 11.2 Å². The molecule has 0 bridgehead atoms. The van der Waals surface area contributed by atoms with Crippen molar-refractivity contribution in [3.8, 4) is 333 Å². The molecule has 0 radical (unpaired) electrons. The van der Waals surface area contributed by atoms with Crippen LogP contribution in [0.1, 0.15) is 34.6 Å². The molecule has 0 saturated heterocycles. The fraction of sp³-hybridized carbons (Fsp3) is 0.114. The zero-order valence-electron chi connectivity index (χ0n) is 40.0. The molecule has 0 aromatic heterocycles. The fourth-order valence-electron chi connectivity index (χ4n) is 3.45. The van der Waals surface area contributed by atoms with Crippen molar-refractivity contribution in [1.82, 2.24) is 0 Å². The molecule has 0 heterocycles. The number of terminal acetylenes is 2. The van der Waals surface area contributed by atoms with E-state index in [1.165, 1.54) is 58.9 Å². The minimum Gasteiger partial charge on any atom is -0.446 e. The van der Waals surface area contributed by atoms with Gasteiger partial charge < -0.3 is 14.6 Å². The molecule has 0 aromatic carbocycles. The molecule has 0 aliphatic heterocycles. The van der Waals surface area contributed by atoms with Gasteiger partial charge in [0.15, 0.2) is 5.60 Å². The molecule has 0 rings (SSSR count). The first kappa shape index (κ1) is 61.1. The van der Waals surface area contributed by atoms with Crippen molar-refractivity contribution in [2.75, 3.05) is 0 Å². The Labute approximate surface area is 442 Å². The third-order valence-corrected chi connectivity index (χ3v) is 6.85. The van der Waals surface area contributed by atoms with Crippen molar-refractivity contribution in [1.29, 1.82) is 0 Å². The van der Waals surface area contributed by atoms with Gasteiger partial charge in [0, 0.05) is 82.9 Å².